The van der Waals surface area contributed by atoms with Gasteiger partial charge in [-0.15, -0.1) is 10.2 Å². The van der Waals surface area contributed by atoms with Crippen LogP contribution in [0.1, 0.15) is 5.89 Å². The molecule has 0 aliphatic heterocycles. The van der Waals surface area contributed by atoms with Gasteiger partial charge in [0.25, 0.3) is 0 Å². The maximum absolute atomic E-state index is 6.14. The van der Waals surface area contributed by atoms with Crippen LogP contribution in [0.4, 0.5) is 0 Å². The fraction of sp³-hybridized carbons (Fsp3) is 0.176. The maximum Gasteiger partial charge on any atom is 0.237 e. The van der Waals surface area contributed by atoms with Gasteiger partial charge in [-0.1, -0.05) is 40.1 Å². The van der Waals surface area contributed by atoms with Crippen LogP contribution in [0.15, 0.2) is 40.1 Å². The fourth-order valence-corrected chi connectivity index (χ4v) is 3.79. The summed E-state index contributed by atoms with van der Waals surface area (Å²) in [7, 11) is 3.16. The molecule has 0 aliphatic carbocycles. The number of thioether (sulfide) groups is 1. The van der Waals surface area contributed by atoms with Crippen LogP contribution < -0.4 is 9.47 Å². The van der Waals surface area contributed by atoms with Gasteiger partial charge < -0.3 is 14.0 Å². The Morgan fingerprint density at radius 1 is 1.14 bits per heavy atom. The zero-order chi connectivity index (χ0) is 19.7. The van der Waals surface area contributed by atoms with Crippen LogP contribution in [0.5, 0.6) is 11.5 Å². The molecule has 0 radical (unpaired) electrons. The van der Waals surface area contributed by atoms with Gasteiger partial charge in [-0.25, -0.2) is 0 Å². The summed E-state index contributed by atoms with van der Waals surface area (Å²) >= 11 is 13.6. The van der Waals surface area contributed by atoms with Gasteiger partial charge in [-0.3, -0.25) is 4.40 Å². The highest BCUT2D eigenvalue weighted by Crippen LogP contribution is 2.32. The Kier molecular flexibility index (Phi) is 5.29. The molecular formula is C17H13Cl2N5O3S. The lowest BCUT2D eigenvalue weighted by molar-refractivity contribution is 0.388. The first kappa shape index (κ1) is 18.9. The highest BCUT2D eigenvalue weighted by molar-refractivity contribution is 7.98. The molecule has 0 fully saturated rings. The van der Waals surface area contributed by atoms with E-state index in [1.165, 1.54) is 11.8 Å². The van der Waals surface area contributed by atoms with E-state index in [0.717, 1.165) is 0 Å². The van der Waals surface area contributed by atoms with Crippen LogP contribution >= 0.6 is 35.0 Å². The molecule has 8 nitrogen and oxygen atoms in total. The molecule has 0 aliphatic rings. The number of methoxy groups -OCH3 is 2. The van der Waals surface area contributed by atoms with Crippen molar-refractivity contribution in [3.05, 3.63) is 46.4 Å². The Hall–Kier alpha value is -2.49. The van der Waals surface area contributed by atoms with Crippen molar-refractivity contribution in [2.45, 2.75) is 10.9 Å². The summed E-state index contributed by atoms with van der Waals surface area (Å²) < 4.78 is 17.7. The van der Waals surface area contributed by atoms with Gasteiger partial charge in [0, 0.05) is 12.3 Å². The Morgan fingerprint density at radius 2 is 2.00 bits per heavy atom. The molecule has 0 N–H and O–H groups in total. The molecule has 1 aromatic carbocycles. The van der Waals surface area contributed by atoms with Gasteiger partial charge in [0.05, 0.1) is 35.6 Å². The number of benzene rings is 1. The normalized spacial score (nSPS) is 11.1. The van der Waals surface area contributed by atoms with E-state index in [1.54, 1.807) is 43.0 Å². The van der Waals surface area contributed by atoms with Crippen LogP contribution in [0.3, 0.4) is 0 Å². The number of aromatic nitrogens is 5. The number of hydrogen-bond acceptors (Lipinski definition) is 8. The van der Waals surface area contributed by atoms with Crippen molar-refractivity contribution in [1.29, 1.82) is 0 Å². The van der Waals surface area contributed by atoms with Crippen LogP contribution in [0, 0.1) is 0 Å². The molecule has 0 unspecified atom stereocenters. The van der Waals surface area contributed by atoms with Gasteiger partial charge in [0.1, 0.15) is 11.5 Å². The molecule has 0 bridgehead atoms. The first-order valence-electron chi connectivity index (χ1n) is 7.96. The van der Waals surface area contributed by atoms with E-state index < -0.39 is 0 Å². The first-order chi connectivity index (χ1) is 13.6. The predicted octanol–water partition coefficient (Wildman–Crippen LogP) is 4.40. The van der Waals surface area contributed by atoms with Gasteiger partial charge in [0.2, 0.25) is 11.7 Å². The maximum atomic E-state index is 6.14. The van der Waals surface area contributed by atoms with E-state index >= 15 is 0 Å². The van der Waals surface area contributed by atoms with E-state index in [4.69, 9.17) is 37.2 Å². The topological polar surface area (TPSA) is 87.6 Å². The summed E-state index contributed by atoms with van der Waals surface area (Å²) in [5, 5.41) is 13.8. The number of rotatable bonds is 6. The molecule has 0 amide bonds. The lowest BCUT2D eigenvalue weighted by atomic mass is 10.2. The first-order valence-corrected chi connectivity index (χ1v) is 9.70. The SMILES string of the molecule is COc1ccc(-c2noc(CSc3nnc4c(Cl)cc(Cl)cn34)n2)c(OC)c1. The van der Waals surface area contributed by atoms with Crippen LogP contribution in [-0.4, -0.2) is 39.0 Å². The standard InChI is InChI=1S/C17H13Cl2N5O3S/c1-25-10-3-4-11(13(6-10)26-2)15-20-14(27-23-15)8-28-17-22-21-16-12(19)5-9(18)7-24(16)17/h3-7H,8H2,1-2H3. The molecule has 0 saturated carbocycles. The number of ether oxygens (including phenoxy) is 2. The van der Waals surface area contributed by atoms with Gasteiger partial charge in [-0.05, 0) is 18.2 Å². The zero-order valence-electron chi connectivity index (χ0n) is 14.7. The number of nitrogens with zero attached hydrogens (tertiary/aromatic N) is 5. The van der Waals surface area contributed by atoms with Crippen molar-refractivity contribution in [2.75, 3.05) is 14.2 Å². The number of halogens is 2. The third-order valence-electron chi connectivity index (χ3n) is 3.84. The van der Waals surface area contributed by atoms with Crippen LogP contribution in [0.25, 0.3) is 17.0 Å². The quantitative estimate of drug-likeness (QED) is 0.410. The number of hydrogen-bond donors (Lipinski definition) is 0. The minimum atomic E-state index is 0.399. The summed E-state index contributed by atoms with van der Waals surface area (Å²) in [6.07, 6.45) is 1.70. The third-order valence-corrected chi connectivity index (χ3v) is 5.25. The molecule has 4 aromatic rings. The summed E-state index contributed by atoms with van der Waals surface area (Å²) in [5.41, 5.74) is 1.23. The van der Waals surface area contributed by atoms with Crippen LogP contribution in [0.2, 0.25) is 10.0 Å². The molecule has 4 rings (SSSR count). The zero-order valence-corrected chi connectivity index (χ0v) is 17.0. The minimum absolute atomic E-state index is 0.399. The van der Waals surface area contributed by atoms with E-state index in [0.29, 0.717) is 55.4 Å². The second-order valence-electron chi connectivity index (χ2n) is 5.55. The van der Waals surface area contributed by atoms with E-state index in [-0.39, 0.29) is 0 Å². The van der Waals surface area contributed by atoms with E-state index in [9.17, 15) is 0 Å². The Labute approximate surface area is 173 Å². The van der Waals surface area contributed by atoms with E-state index in [1.807, 2.05) is 6.07 Å². The lowest BCUT2D eigenvalue weighted by Crippen LogP contribution is -1.92. The molecule has 0 spiro atoms. The molecule has 28 heavy (non-hydrogen) atoms. The minimum Gasteiger partial charge on any atom is -0.497 e. The molecule has 0 atom stereocenters. The Bertz CT molecular complexity index is 1150. The number of pyridine rings is 1. The predicted molar refractivity (Wildman–Crippen MR) is 105 cm³/mol. The second-order valence-corrected chi connectivity index (χ2v) is 7.34. The van der Waals surface area contributed by atoms with Crippen molar-refractivity contribution in [3.8, 4) is 22.9 Å². The molecule has 144 valence electrons. The molecular weight excluding hydrogens is 425 g/mol. The highest BCUT2D eigenvalue weighted by atomic mass is 35.5. The fourth-order valence-electron chi connectivity index (χ4n) is 2.53. The van der Waals surface area contributed by atoms with Crippen molar-refractivity contribution >= 4 is 40.6 Å². The summed E-state index contributed by atoms with van der Waals surface area (Å²) in [6.45, 7) is 0. The lowest BCUT2D eigenvalue weighted by Gasteiger charge is -2.07. The smallest absolute Gasteiger partial charge is 0.237 e. The second kappa shape index (κ2) is 7.86. The summed E-state index contributed by atoms with van der Waals surface area (Å²) in [6, 6.07) is 7.00. The Balaban J connectivity index is 1.55. The van der Waals surface area contributed by atoms with Crippen molar-refractivity contribution in [1.82, 2.24) is 24.7 Å². The van der Waals surface area contributed by atoms with Crippen molar-refractivity contribution < 1.29 is 14.0 Å². The molecule has 11 heteroatoms. The number of fused-ring (bicyclic) bond motifs is 1. The summed E-state index contributed by atoms with van der Waals surface area (Å²) in [5.74, 6) is 2.52. The third kappa shape index (κ3) is 3.60. The molecule has 3 aromatic heterocycles. The largest absolute Gasteiger partial charge is 0.497 e. The average Bonchev–Trinajstić information content (AvgIpc) is 3.33. The molecule has 3 heterocycles. The van der Waals surface area contributed by atoms with Gasteiger partial charge in [0.15, 0.2) is 10.8 Å². The summed E-state index contributed by atoms with van der Waals surface area (Å²) in [4.78, 5) is 4.43. The van der Waals surface area contributed by atoms with Gasteiger partial charge >= 0.3 is 0 Å². The average molecular weight is 438 g/mol. The van der Waals surface area contributed by atoms with Crippen molar-refractivity contribution in [3.63, 3.8) is 0 Å². The molecule has 0 saturated heterocycles. The van der Waals surface area contributed by atoms with Crippen molar-refractivity contribution in [2.24, 2.45) is 0 Å². The van der Waals surface area contributed by atoms with Gasteiger partial charge in [-0.2, -0.15) is 4.98 Å². The highest BCUT2D eigenvalue weighted by Gasteiger charge is 2.16. The van der Waals surface area contributed by atoms with Crippen LogP contribution in [-0.2, 0) is 5.75 Å². The Morgan fingerprint density at radius 3 is 2.79 bits per heavy atom. The monoisotopic (exact) mass is 437 g/mol. The van der Waals surface area contributed by atoms with E-state index in [2.05, 4.69) is 20.3 Å².